The molecule has 20 heavy (non-hydrogen) atoms. The average Bonchev–Trinajstić information content (AvgIpc) is 2.25. The van der Waals surface area contributed by atoms with Crippen molar-refractivity contribution in [2.75, 3.05) is 18.8 Å². The Balaban J connectivity index is 2.46. The predicted octanol–water partition coefficient (Wildman–Crippen LogP) is 2.70. The van der Waals surface area contributed by atoms with Gasteiger partial charge in [-0.15, -0.1) is 0 Å². The van der Waals surface area contributed by atoms with E-state index in [1.54, 1.807) is 16.4 Å². The molecule has 0 unspecified atom stereocenters. The lowest BCUT2D eigenvalue weighted by Gasteiger charge is -2.37. The molecule has 0 spiro atoms. The lowest BCUT2D eigenvalue weighted by atomic mass is 9.85. The van der Waals surface area contributed by atoms with Gasteiger partial charge in [-0.25, -0.2) is 8.42 Å². The summed E-state index contributed by atoms with van der Waals surface area (Å²) in [5.74, 6) is 0. The van der Waals surface area contributed by atoms with Crippen LogP contribution in [0.1, 0.15) is 37.8 Å². The highest BCUT2D eigenvalue weighted by molar-refractivity contribution is 7.89. The van der Waals surface area contributed by atoms with Crippen molar-refractivity contribution in [1.82, 2.24) is 4.31 Å². The highest BCUT2D eigenvalue weighted by Crippen LogP contribution is 2.34. The molecule has 1 aromatic carbocycles. The second kappa shape index (κ2) is 5.04. The van der Waals surface area contributed by atoms with Crippen LogP contribution in [0.5, 0.6) is 0 Å². The lowest BCUT2D eigenvalue weighted by Crippen LogP contribution is -2.43. The van der Waals surface area contributed by atoms with E-state index in [-0.39, 0.29) is 5.41 Å². The van der Waals surface area contributed by atoms with Crippen LogP contribution in [0.25, 0.3) is 0 Å². The minimum Gasteiger partial charge on any atom is -0.399 e. The summed E-state index contributed by atoms with van der Waals surface area (Å²) in [6.07, 6.45) is 1.98. The van der Waals surface area contributed by atoms with Crippen molar-refractivity contribution in [3.05, 3.63) is 23.3 Å². The summed E-state index contributed by atoms with van der Waals surface area (Å²) in [5.41, 5.74) is 7.89. The molecule has 0 atom stereocenters. The van der Waals surface area contributed by atoms with Gasteiger partial charge in [-0.05, 0) is 55.4 Å². The van der Waals surface area contributed by atoms with E-state index < -0.39 is 10.0 Å². The van der Waals surface area contributed by atoms with Gasteiger partial charge >= 0.3 is 0 Å². The van der Waals surface area contributed by atoms with Gasteiger partial charge in [-0.2, -0.15) is 4.31 Å². The van der Waals surface area contributed by atoms with Gasteiger partial charge in [0.25, 0.3) is 0 Å². The Morgan fingerprint density at radius 2 is 1.75 bits per heavy atom. The normalized spacial score (nSPS) is 20.0. The molecule has 112 valence electrons. The third kappa shape index (κ3) is 2.83. The van der Waals surface area contributed by atoms with Gasteiger partial charge in [-0.1, -0.05) is 13.8 Å². The smallest absolute Gasteiger partial charge is 0.243 e. The first kappa shape index (κ1) is 15.3. The summed E-state index contributed by atoms with van der Waals surface area (Å²) in [4.78, 5) is 0.421. The third-order valence-electron chi connectivity index (χ3n) is 3.95. The molecular weight excluding hydrogens is 272 g/mol. The molecule has 2 N–H and O–H groups in total. The topological polar surface area (TPSA) is 63.4 Å². The number of anilines is 1. The summed E-state index contributed by atoms with van der Waals surface area (Å²) in [6.45, 7) is 9.05. The lowest BCUT2D eigenvalue weighted by molar-refractivity contribution is 0.187. The fourth-order valence-electron chi connectivity index (χ4n) is 3.09. The van der Waals surface area contributed by atoms with Crippen LogP contribution in [0.3, 0.4) is 0 Å². The van der Waals surface area contributed by atoms with Crippen LogP contribution in [0.2, 0.25) is 0 Å². The highest BCUT2D eigenvalue weighted by Gasteiger charge is 2.35. The Hall–Kier alpha value is -1.07. The first-order valence-corrected chi connectivity index (χ1v) is 8.44. The average molecular weight is 296 g/mol. The molecule has 1 fully saturated rings. The first-order chi connectivity index (χ1) is 9.13. The second-order valence-corrected chi connectivity index (χ2v) is 8.46. The molecule has 1 aromatic rings. The zero-order valence-electron chi connectivity index (χ0n) is 12.7. The molecule has 5 heteroatoms. The van der Waals surface area contributed by atoms with Crippen molar-refractivity contribution in [3.8, 4) is 0 Å². The van der Waals surface area contributed by atoms with Gasteiger partial charge in [0.15, 0.2) is 0 Å². The van der Waals surface area contributed by atoms with Crippen molar-refractivity contribution in [1.29, 1.82) is 0 Å². The van der Waals surface area contributed by atoms with E-state index in [9.17, 15) is 8.42 Å². The van der Waals surface area contributed by atoms with E-state index in [1.165, 1.54) is 0 Å². The molecule has 0 aromatic heterocycles. The van der Waals surface area contributed by atoms with Crippen LogP contribution in [0.4, 0.5) is 5.69 Å². The summed E-state index contributed by atoms with van der Waals surface area (Å²) in [7, 11) is -3.43. The standard InChI is InChI=1S/C15H24N2O2S/c1-11-8-13(16)9-12(2)14(11)20(18,19)17-7-5-6-15(3,4)10-17/h8-9H,5-7,10,16H2,1-4H3. The summed E-state index contributed by atoms with van der Waals surface area (Å²) in [6, 6.07) is 3.46. The van der Waals surface area contributed by atoms with Gasteiger partial charge in [0, 0.05) is 18.8 Å². The fourth-order valence-corrected chi connectivity index (χ4v) is 5.17. The zero-order chi connectivity index (χ0) is 15.1. The number of nitrogens with two attached hydrogens (primary N) is 1. The summed E-state index contributed by atoms with van der Waals surface area (Å²) < 4.78 is 27.5. The largest absolute Gasteiger partial charge is 0.399 e. The highest BCUT2D eigenvalue weighted by atomic mass is 32.2. The molecule has 0 saturated carbocycles. The number of piperidine rings is 1. The number of rotatable bonds is 2. The Morgan fingerprint density at radius 1 is 1.20 bits per heavy atom. The van der Waals surface area contributed by atoms with Crippen LogP contribution < -0.4 is 5.73 Å². The van der Waals surface area contributed by atoms with Gasteiger partial charge in [-0.3, -0.25) is 0 Å². The molecule has 0 amide bonds. The minimum atomic E-state index is -3.43. The molecule has 2 rings (SSSR count). The molecule has 0 bridgehead atoms. The molecule has 0 aliphatic carbocycles. The number of sulfonamides is 1. The number of hydrogen-bond acceptors (Lipinski definition) is 3. The molecule has 1 aliphatic rings. The van der Waals surface area contributed by atoms with Gasteiger partial charge < -0.3 is 5.73 Å². The van der Waals surface area contributed by atoms with Crippen LogP contribution in [0, 0.1) is 19.3 Å². The Kier molecular flexibility index (Phi) is 3.86. The molecule has 1 aliphatic heterocycles. The number of aryl methyl sites for hydroxylation is 2. The van der Waals surface area contributed by atoms with Crippen LogP contribution in [0.15, 0.2) is 17.0 Å². The summed E-state index contributed by atoms with van der Waals surface area (Å²) >= 11 is 0. The summed E-state index contributed by atoms with van der Waals surface area (Å²) in [5, 5.41) is 0. The van der Waals surface area contributed by atoms with E-state index in [0.717, 1.165) is 24.0 Å². The molecule has 4 nitrogen and oxygen atoms in total. The third-order valence-corrected chi connectivity index (χ3v) is 6.10. The van der Waals surface area contributed by atoms with E-state index in [2.05, 4.69) is 13.8 Å². The molecule has 0 radical (unpaired) electrons. The fraction of sp³-hybridized carbons (Fsp3) is 0.600. The maximum atomic E-state index is 12.9. The maximum Gasteiger partial charge on any atom is 0.243 e. The minimum absolute atomic E-state index is 0.0426. The zero-order valence-corrected chi connectivity index (χ0v) is 13.5. The number of benzene rings is 1. The van der Waals surface area contributed by atoms with Crippen LogP contribution in [-0.2, 0) is 10.0 Å². The van der Waals surface area contributed by atoms with Crippen molar-refractivity contribution >= 4 is 15.7 Å². The van der Waals surface area contributed by atoms with Gasteiger partial charge in [0.2, 0.25) is 10.0 Å². The Morgan fingerprint density at radius 3 is 2.25 bits per heavy atom. The van der Waals surface area contributed by atoms with E-state index in [1.807, 2.05) is 13.8 Å². The molecule has 1 heterocycles. The maximum absolute atomic E-state index is 12.9. The van der Waals surface area contributed by atoms with E-state index in [4.69, 9.17) is 5.73 Å². The predicted molar refractivity (Wildman–Crippen MR) is 82.1 cm³/mol. The monoisotopic (exact) mass is 296 g/mol. The number of nitrogens with zero attached hydrogens (tertiary/aromatic N) is 1. The Labute approximate surface area is 122 Å². The van der Waals surface area contributed by atoms with Crippen molar-refractivity contribution in [2.24, 2.45) is 5.41 Å². The number of nitrogen functional groups attached to an aromatic ring is 1. The van der Waals surface area contributed by atoms with Crippen LogP contribution >= 0.6 is 0 Å². The van der Waals surface area contributed by atoms with Crippen molar-refractivity contribution in [3.63, 3.8) is 0 Å². The quantitative estimate of drug-likeness (QED) is 0.853. The van der Waals surface area contributed by atoms with Crippen molar-refractivity contribution < 1.29 is 8.42 Å². The number of hydrogen-bond donors (Lipinski definition) is 1. The van der Waals surface area contributed by atoms with Gasteiger partial charge in [0.05, 0.1) is 4.90 Å². The molecule has 1 saturated heterocycles. The molecular formula is C15H24N2O2S. The first-order valence-electron chi connectivity index (χ1n) is 7.00. The van der Waals surface area contributed by atoms with E-state index in [0.29, 0.717) is 23.7 Å². The Bertz CT molecular complexity index is 598. The van der Waals surface area contributed by atoms with Gasteiger partial charge in [0.1, 0.15) is 0 Å². The van der Waals surface area contributed by atoms with Crippen molar-refractivity contribution in [2.45, 2.75) is 45.4 Å². The SMILES string of the molecule is Cc1cc(N)cc(C)c1S(=O)(=O)N1CCCC(C)(C)C1. The van der Waals surface area contributed by atoms with E-state index >= 15 is 0 Å². The second-order valence-electron chi connectivity index (χ2n) is 6.59. The van der Waals surface area contributed by atoms with Crippen LogP contribution in [-0.4, -0.2) is 25.8 Å².